The first kappa shape index (κ1) is 22.1. The van der Waals surface area contributed by atoms with Crippen molar-refractivity contribution < 1.29 is 28.6 Å². The van der Waals surface area contributed by atoms with Gasteiger partial charge in [-0.3, -0.25) is 9.59 Å². The van der Waals surface area contributed by atoms with Gasteiger partial charge in [0.05, 0.1) is 0 Å². The molecule has 1 radical (unpaired) electrons. The lowest BCUT2D eigenvalue weighted by Gasteiger charge is -2.28. The van der Waals surface area contributed by atoms with Crippen LogP contribution in [-0.4, -0.2) is 66.1 Å². The van der Waals surface area contributed by atoms with Crippen LogP contribution in [0.15, 0.2) is 0 Å². The summed E-state index contributed by atoms with van der Waals surface area (Å²) >= 11 is 0. The molecule has 0 aromatic rings. The van der Waals surface area contributed by atoms with E-state index < -0.39 is 23.3 Å². The second-order valence-corrected chi connectivity index (χ2v) is 8.97. The molecule has 27 heavy (non-hydrogen) atoms. The molecule has 2 aliphatic rings. The van der Waals surface area contributed by atoms with Crippen LogP contribution in [0.1, 0.15) is 67.2 Å². The molecule has 8 nitrogen and oxygen atoms in total. The van der Waals surface area contributed by atoms with Gasteiger partial charge in [0, 0.05) is 13.1 Å². The van der Waals surface area contributed by atoms with E-state index in [1.54, 1.807) is 10.1 Å². The molecule has 2 saturated heterocycles. The monoisotopic (exact) mass is 383 g/mol. The van der Waals surface area contributed by atoms with Crippen LogP contribution in [0.4, 0.5) is 0 Å². The molecule has 2 atom stereocenters. The Hall–Kier alpha value is -1.16. The molecule has 0 N–H and O–H groups in total. The molecule has 9 heteroatoms. The summed E-state index contributed by atoms with van der Waals surface area (Å²) in [6.07, 6.45) is 3.02. The first-order chi connectivity index (χ1) is 12.5. The molecular weight excluding hydrogens is 351 g/mol. The van der Waals surface area contributed by atoms with E-state index in [-0.39, 0.29) is 11.9 Å². The SMILES string of the molecule is CC(C)(C)OC(=O)C1CCCN1O[B]ON1CCCC1C(=O)OC(C)(C)C. The summed E-state index contributed by atoms with van der Waals surface area (Å²) in [6, 6.07) is -0.909. The van der Waals surface area contributed by atoms with E-state index in [2.05, 4.69) is 0 Å². The van der Waals surface area contributed by atoms with E-state index in [1.165, 1.54) is 7.69 Å². The van der Waals surface area contributed by atoms with Crippen LogP contribution in [0, 0.1) is 0 Å². The molecule has 2 heterocycles. The Morgan fingerprint density at radius 3 is 1.48 bits per heavy atom. The molecular formula is C18H32BN2O6. The Balaban J connectivity index is 1.80. The fourth-order valence-electron chi connectivity index (χ4n) is 3.07. The quantitative estimate of drug-likeness (QED) is 0.509. The first-order valence-corrected chi connectivity index (χ1v) is 9.60. The average Bonchev–Trinajstić information content (AvgIpc) is 3.12. The second-order valence-electron chi connectivity index (χ2n) is 8.97. The number of esters is 2. The number of ether oxygens (including phenoxy) is 2. The third kappa shape index (κ3) is 7.06. The van der Waals surface area contributed by atoms with Crippen molar-refractivity contribution in [2.75, 3.05) is 13.1 Å². The second kappa shape index (κ2) is 8.90. The van der Waals surface area contributed by atoms with Crippen molar-refractivity contribution in [3.63, 3.8) is 0 Å². The highest BCUT2D eigenvalue weighted by Crippen LogP contribution is 2.23. The van der Waals surface area contributed by atoms with Crippen LogP contribution in [0.2, 0.25) is 0 Å². The van der Waals surface area contributed by atoms with Crippen LogP contribution >= 0.6 is 0 Å². The lowest BCUT2D eigenvalue weighted by atomic mass is 10.1. The third-order valence-electron chi connectivity index (χ3n) is 4.12. The Kier molecular flexibility index (Phi) is 7.30. The zero-order valence-electron chi connectivity index (χ0n) is 17.3. The van der Waals surface area contributed by atoms with Gasteiger partial charge in [-0.05, 0) is 67.2 Å². The molecule has 2 unspecified atom stereocenters. The van der Waals surface area contributed by atoms with Gasteiger partial charge in [0.1, 0.15) is 23.3 Å². The normalized spacial score (nSPS) is 24.8. The molecule has 0 aliphatic carbocycles. The van der Waals surface area contributed by atoms with Crippen LogP contribution in [0.5, 0.6) is 0 Å². The van der Waals surface area contributed by atoms with E-state index in [0.717, 1.165) is 12.8 Å². The predicted octanol–water partition coefficient (Wildman–Crippen LogP) is 2.00. The zero-order chi connectivity index (χ0) is 20.2. The molecule has 0 spiro atoms. The van der Waals surface area contributed by atoms with Crippen LogP contribution in [0.3, 0.4) is 0 Å². The van der Waals surface area contributed by atoms with Gasteiger partial charge >= 0.3 is 19.6 Å². The lowest BCUT2D eigenvalue weighted by Crippen LogP contribution is -2.44. The minimum atomic E-state index is -0.540. The first-order valence-electron chi connectivity index (χ1n) is 9.60. The molecule has 2 fully saturated rings. The van der Waals surface area contributed by atoms with Gasteiger partial charge in [-0.2, -0.15) is 10.1 Å². The summed E-state index contributed by atoms with van der Waals surface area (Å²) in [7, 11) is 1.17. The van der Waals surface area contributed by atoms with Crippen molar-refractivity contribution in [1.29, 1.82) is 0 Å². The maximum Gasteiger partial charge on any atom is 0.525 e. The summed E-state index contributed by atoms with van der Waals surface area (Å²) in [6.45, 7) is 12.2. The number of carbonyl (C=O) groups is 2. The third-order valence-corrected chi connectivity index (χ3v) is 4.12. The molecule has 0 saturated carbocycles. The number of rotatable bonds is 6. The van der Waals surface area contributed by atoms with E-state index in [1.807, 2.05) is 41.5 Å². The highest BCUT2D eigenvalue weighted by molar-refractivity contribution is 6.17. The largest absolute Gasteiger partial charge is 0.525 e. The van der Waals surface area contributed by atoms with Gasteiger partial charge in [-0.15, -0.1) is 0 Å². The van der Waals surface area contributed by atoms with E-state index >= 15 is 0 Å². The van der Waals surface area contributed by atoms with Crippen LogP contribution < -0.4 is 0 Å². The summed E-state index contributed by atoms with van der Waals surface area (Å²) in [5.74, 6) is -0.609. The number of carbonyl (C=O) groups excluding carboxylic acids is 2. The van der Waals surface area contributed by atoms with Crippen molar-refractivity contribution in [2.45, 2.75) is 90.5 Å². The highest BCUT2D eigenvalue weighted by Gasteiger charge is 2.37. The Morgan fingerprint density at radius 2 is 1.15 bits per heavy atom. The van der Waals surface area contributed by atoms with Crippen molar-refractivity contribution in [3.05, 3.63) is 0 Å². The number of hydrogen-bond acceptors (Lipinski definition) is 8. The molecule has 2 rings (SSSR count). The fraction of sp³-hybridized carbons (Fsp3) is 0.889. The molecule has 0 amide bonds. The van der Waals surface area contributed by atoms with E-state index in [0.29, 0.717) is 25.9 Å². The molecule has 0 aromatic carbocycles. The van der Waals surface area contributed by atoms with E-state index in [4.69, 9.17) is 19.0 Å². The number of hydrogen-bond donors (Lipinski definition) is 0. The molecule has 2 aliphatic heterocycles. The predicted molar refractivity (Wildman–Crippen MR) is 99.1 cm³/mol. The molecule has 0 bridgehead atoms. The zero-order valence-corrected chi connectivity index (χ0v) is 17.3. The highest BCUT2D eigenvalue weighted by atomic mass is 16.8. The van der Waals surface area contributed by atoms with E-state index in [9.17, 15) is 9.59 Å². The topological polar surface area (TPSA) is 77.5 Å². The van der Waals surface area contributed by atoms with Gasteiger partial charge < -0.3 is 19.0 Å². The number of hydroxylamine groups is 4. The van der Waals surface area contributed by atoms with Gasteiger partial charge in [-0.25, -0.2) is 0 Å². The molecule has 153 valence electrons. The van der Waals surface area contributed by atoms with Crippen molar-refractivity contribution in [1.82, 2.24) is 10.1 Å². The van der Waals surface area contributed by atoms with Crippen molar-refractivity contribution in [3.8, 4) is 0 Å². The standard InChI is InChI=1S/C18H32BN2O6/c1-17(2,3)24-15(22)13-9-7-11-20(13)26-19-27-21-12-8-10-14(21)16(23)25-18(4,5)6/h13-14H,7-12H2,1-6H3. The smallest absolute Gasteiger partial charge is 0.459 e. The summed E-state index contributed by atoms with van der Waals surface area (Å²) < 4.78 is 21.9. The maximum atomic E-state index is 12.3. The Labute approximate surface area is 162 Å². The summed E-state index contributed by atoms with van der Waals surface area (Å²) in [5.41, 5.74) is -1.08. The van der Waals surface area contributed by atoms with Gasteiger partial charge in [-0.1, -0.05) is 0 Å². The Bertz CT molecular complexity index is 485. The van der Waals surface area contributed by atoms with Crippen molar-refractivity contribution >= 4 is 19.6 Å². The van der Waals surface area contributed by atoms with Crippen LogP contribution in [-0.2, 0) is 28.6 Å². The minimum absolute atomic E-state index is 0.304. The fourth-order valence-corrected chi connectivity index (χ4v) is 3.07. The van der Waals surface area contributed by atoms with Gasteiger partial charge in [0.25, 0.3) is 0 Å². The maximum absolute atomic E-state index is 12.3. The Morgan fingerprint density at radius 1 is 0.778 bits per heavy atom. The average molecular weight is 383 g/mol. The summed E-state index contributed by atoms with van der Waals surface area (Å²) in [4.78, 5) is 24.6. The minimum Gasteiger partial charge on any atom is -0.459 e. The van der Waals surface area contributed by atoms with Gasteiger partial charge in [0.15, 0.2) is 0 Å². The lowest BCUT2D eigenvalue weighted by molar-refractivity contribution is -0.184. The van der Waals surface area contributed by atoms with Crippen LogP contribution in [0.25, 0.3) is 0 Å². The van der Waals surface area contributed by atoms with Gasteiger partial charge in [0.2, 0.25) is 0 Å². The number of nitrogens with zero attached hydrogens (tertiary/aromatic N) is 2. The van der Waals surface area contributed by atoms with Crippen molar-refractivity contribution in [2.24, 2.45) is 0 Å². The molecule has 0 aromatic heterocycles. The summed E-state index contributed by atoms with van der Waals surface area (Å²) in [5, 5.41) is 3.12.